The zero-order valence-corrected chi connectivity index (χ0v) is 16.5. The molecule has 1 aliphatic heterocycles. The molecule has 2 aromatic carbocycles. The maximum atomic E-state index is 13.9. The molecule has 1 aliphatic rings. The van der Waals surface area contributed by atoms with E-state index in [2.05, 4.69) is 33.9 Å². The van der Waals surface area contributed by atoms with Crippen LogP contribution in [0.3, 0.4) is 0 Å². The van der Waals surface area contributed by atoms with Gasteiger partial charge in [-0.15, -0.1) is 0 Å². The van der Waals surface area contributed by atoms with Crippen LogP contribution in [-0.2, 0) is 6.42 Å². The number of anilines is 2. The number of halogens is 3. The standard InChI is InChI=1S/C18H14Cl2FN3.C2H6/c1-10-4-2-6-15-12(10)5-3-7-24(15)17-13-8-11(21)9-14(19)16(13)22-18(20)23-17;1-2/h2,4,6,8-9H,3,5,7H2,1H3;1-2H3. The molecular weight excluding hydrogens is 372 g/mol. The first-order chi connectivity index (χ1) is 12.5. The van der Waals surface area contributed by atoms with Crippen LogP contribution in [0.5, 0.6) is 0 Å². The molecule has 6 heteroatoms. The SMILES string of the molecule is CC.Cc1cccc2c1CCCN2c1nc(Cl)nc2c(Cl)cc(F)cc12. The predicted octanol–water partition coefficient (Wildman–Crippen LogP) is 6.49. The highest BCUT2D eigenvalue weighted by Crippen LogP contribution is 2.39. The summed E-state index contributed by atoms with van der Waals surface area (Å²) in [6.07, 6.45) is 2.01. The molecule has 3 nitrogen and oxygen atoms in total. The Morgan fingerprint density at radius 1 is 1.12 bits per heavy atom. The smallest absolute Gasteiger partial charge is 0.224 e. The quantitative estimate of drug-likeness (QED) is 0.443. The minimum absolute atomic E-state index is 0.103. The topological polar surface area (TPSA) is 29.0 Å². The Balaban J connectivity index is 0.000000948. The summed E-state index contributed by atoms with van der Waals surface area (Å²) in [6.45, 7) is 6.89. The summed E-state index contributed by atoms with van der Waals surface area (Å²) in [7, 11) is 0. The fourth-order valence-electron chi connectivity index (χ4n) is 3.34. The van der Waals surface area contributed by atoms with Crippen molar-refractivity contribution in [3.63, 3.8) is 0 Å². The Kier molecular flexibility index (Phi) is 5.64. The number of aryl methyl sites for hydroxylation is 1. The van der Waals surface area contributed by atoms with Gasteiger partial charge in [-0.1, -0.05) is 37.6 Å². The Morgan fingerprint density at radius 3 is 2.65 bits per heavy atom. The molecule has 136 valence electrons. The lowest BCUT2D eigenvalue weighted by molar-refractivity contribution is 0.629. The summed E-state index contributed by atoms with van der Waals surface area (Å²) in [5.74, 6) is 0.180. The van der Waals surface area contributed by atoms with Gasteiger partial charge in [0.05, 0.1) is 10.5 Å². The molecule has 0 unspecified atom stereocenters. The first-order valence-corrected chi connectivity index (χ1v) is 9.48. The summed E-state index contributed by atoms with van der Waals surface area (Å²) in [4.78, 5) is 10.6. The van der Waals surface area contributed by atoms with Crippen molar-refractivity contribution in [2.24, 2.45) is 0 Å². The molecule has 0 N–H and O–H groups in total. The van der Waals surface area contributed by atoms with Crippen LogP contribution in [0.4, 0.5) is 15.9 Å². The van der Waals surface area contributed by atoms with Crippen molar-refractivity contribution in [3.05, 3.63) is 57.6 Å². The molecule has 0 radical (unpaired) electrons. The summed E-state index contributed by atoms with van der Waals surface area (Å²) in [5, 5.41) is 0.904. The van der Waals surface area contributed by atoms with E-state index in [0.29, 0.717) is 16.7 Å². The van der Waals surface area contributed by atoms with Gasteiger partial charge in [-0.3, -0.25) is 0 Å². The molecule has 4 rings (SSSR count). The average Bonchev–Trinajstić information content (AvgIpc) is 2.64. The van der Waals surface area contributed by atoms with Crippen molar-refractivity contribution in [2.75, 3.05) is 11.4 Å². The number of rotatable bonds is 1. The van der Waals surface area contributed by atoms with Gasteiger partial charge in [0.2, 0.25) is 5.28 Å². The second-order valence-corrected chi connectivity index (χ2v) is 6.67. The normalized spacial score (nSPS) is 13.2. The van der Waals surface area contributed by atoms with E-state index in [1.54, 1.807) is 0 Å². The molecule has 0 aliphatic carbocycles. The number of nitrogens with zero attached hydrogens (tertiary/aromatic N) is 3. The molecule has 0 saturated heterocycles. The number of aromatic nitrogens is 2. The van der Waals surface area contributed by atoms with E-state index in [9.17, 15) is 4.39 Å². The predicted molar refractivity (Wildman–Crippen MR) is 107 cm³/mol. The molecule has 26 heavy (non-hydrogen) atoms. The van der Waals surface area contributed by atoms with Crippen molar-refractivity contribution in [2.45, 2.75) is 33.6 Å². The highest BCUT2D eigenvalue weighted by atomic mass is 35.5. The molecule has 1 aromatic heterocycles. The Labute approximate surface area is 162 Å². The lowest BCUT2D eigenvalue weighted by Crippen LogP contribution is -2.26. The third kappa shape index (κ3) is 3.36. The average molecular weight is 392 g/mol. The van der Waals surface area contributed by atoms with Gasteiger partial charge in [-0.25, -0.2) is 9.37 Å². The van der Waals surface area contributed by atoms with E-state index < -0.39 is 5.82 Å². The molecule has 2 heterocycles. The molecule has 0 amide bonds. The zero-order valence-electron chi connectivity index (χ0n) is 15.0. The van der Waals surface area contributed by atoms with E-state index in [-0.39, 0.29) is 10.3 Å². The van der Waals surface area contributed by atoms with E-state index >= 15 is 0 Å². The number of benzene rings is 2. The number of hydrogen-bond acceptors (Lipinski definition) is 3. The van der Waals surface area contributed by atoms with Gasteiger partial charge in [0.1, 0.15) is 11.6 Å². The van der Waals surface area contributed by atoms with Crippen molar-refractivity contribution in [3.8, 4) is 0 Å². The fourth-order valence-corrected chi connectivity index (χ4v) is 3.75. The van der Waals surface area contributed by atoms with E-state index in [1.807, 2.05) is 19.9 Å². The first kappa shape index (κ1) is 18.9. The zero-order chi connectivity index (χ0) is 18.8. The Hall–Kier alpha value is -1.91. The monoisotopic (exact) mass is 391 g/mol. The maximum Gasteiger partial charge on any atom is 0.224 e. The highest BCUT2D eigenvalue weighted by molar-refractivity contribution is 6.36. The van der Waals surface area contributed by atoms with Gasteiger partial charge in [0.25, 0.3) is 0 Å². The van der Waals surface area contributed by atoms with Crippen LogP contribution < -0.4 is 4.90 Å². The summed E-state index contributed by atoms with van der Waals surface area (Å²) < 4.78 is 13.9. The minimum Gasteiger partial charge on any atom is -0.325 e. The van der Waals surface area contributed by atoms with Crippen LogP contribution in [0, 0.1) is 12.7 Å². The van der Waals surface area contributed by atoms with Gasteiger partial charge in [0.15, 0.2) is 0 Å². The third-order valence-electron chi connectivity index (χ3n) is 4.41. The van der Waals surface area contributed by atoms with Crippen molar-refractivity contribution in [1.82, 2.24) is 9.97 Å². The van der Waals surface area contributed by atoms with Gasteiger partial charge < -0.3 is 4.90 Å². The van der Waals surface area contributed by atoms with Crippen LogP contribution in [0.2, 0.25) is 10.3 Å². The van der Waals surface area contributed by atoms with Crippen LogP contribution in [0.15, 0.2) is 30.3 Å². The van der Waals surface area contributed by atoms with Crippen LogP contribution in [0.1, 0.15) is 31.4 Å². The molecule has 0 fully saturated rings. The lowest BCUT2D eigenvalue weighted by atomic mass is 9.97. The van der Waals surface area contributed by atoms with E-state index in [0.717, 1.165) is 25.1 Å². The van der Waals surface area contributed by atoms with Gasteiger partial charge >= 0.3 is 0 Å². The minimum atomic E-state index is -0.416. The van der Waals surface area contributed by atoms with Crippen molar-refractivity contribution in [1.29, 1.82) is 0 Å². The highest BCUT2D eigenvalue weighted by Gasteiger charge is 2.23. The van der Waals surface area contributed by atoms with Gasteiger partial charge in [-0.05, 0) is 60.7 Å². The number of hydrogen-bond donors (Lipinski definition) is 0. The van der Waals surface area contributed by atoms with Crippen LogP contribution >= 0.6 is 23.2 Å². The molecular formula is C20H20Cl2FN3. The number of fused-ring (bicyclic) bond motifs is 2. The largest absolute Gasteiger partial charge is 0.325 e. The van der Waals surface area contributed by atoms with Gasteiger partial charge in [-0.2, -0.15) is 4.98 Å². The third-order valence-corrected chi connectivity index (χ3v) is 4.87. The summed E-state index contributed by atoms with van der Waals surface area (Å²) >= 11 is 12.3. The van der Waals surface area contributed by atoms with Gasteiger partial charge in [0, 0.05) is 17.6 Å². The Morgan fingerprint density at radius 2 is 1.88 bits per heavy atom. The maximum absolute atomic E-state index is 13.9. The Bertz CT molecular complexity index is 959. The van der Waals surface area contributed by atoms with Crippen molar-refractivity contribution >= 4 is 45.6 Å². The molecule has 3 aromatic rings. The molecule has 0 spiro atoms. The molecule has 0 atom stereocenters. The summed E-state index contributed by atoms with van der Waals surface area (Å²) in [6, 6.07) is 8.83. The second kappa shape index (κ2) is 7.77. The van der Waals surface area contributed by atoms with Crippen LogP contribution in [0.25, 0.3) is 10.9 Å². The van der Waals surface area contributed by atoms with Crippen LogP contribution in [-0.4, -0.2) is 16.5 Å². The lowest BCUT2D eigenvalue weighted by Gasteiger charge is -2.32. The first-order valence-electron chi connectivity index (χ1n) is 8.73. The summed E-state index contributed by atoms with van der Waals surface area (Å²) in [5.41, 5.74) is 4.07. The van der Waals surface area contributed by atoms with E-state index in [4.69, 9.17) is 23.2 Å². The molecule has 0 bridgehead atoms. The second-order valence-electron chi connectivity index (χ2n) is 5.93. The fraction of sp³-hybridized carbons (Fsp3) is 0.300. The van der Waals surface area contributed by atoms with E-state index in [1.165, 1.54) is 23.3 Å². The molecule has 0 saturated carbocycles. The van der Waals surface area contributed by atoms with Crippen molar-refractivity contribution < 1.29 is 4.39 Å².